The van der Waals surface area contributed by atoms with Crippen LogP contribution in [0.1, 0.15) is 32.1 Å². The van der Waals surface area contributed by atoms with Gasteiger partial charge in [-0.3, -0.25) is 4.79 Å². The first-order valence-electron chi connectivity index (χ1n) is 7.16. The molecule has 124 valence electrons. The number of halogens is 3. The van der Waals surface area contributed by atoms with Gasteiger partial charge in [0.25, 0.3) is 0 Å². The number of ether oxygens (including phenoxy) is 1. The zero-order valence-electron chi connectivity index (χ0n) is 12.7. The van der Waals surface area contributed by atoms with E-state index in [0.29, 0.717) is 42.6 Å². The lowest BCUT2D eigenvalue weighted by molar-refractivity contribution is -0.156. The number of alkyl halides is 3. The maximum atomic E-state index is 12.7. The lowest BCUT2D eigenvalue weighted by atomic mass is 9.76. The molecule has 1 unspecified atom stereocenters. The Hall–Kier alpha value is -1.31. The number of nitrogens with zero attached hydrogens (tertiary/aromatic N) is 2. The van der Waals surface area contributed by atoms with Crippen LogP contribution in [0.4, 0.5) is 18.3 Å². The van der Waals surface area contributed by atoms with Crippen molar-refractivity contribution in [2.45, 2.75) is 33.4 Å². The number of aromatic nitrogens is 1. The molecule has 0 amide bonds. The maximum Gasteiger partial charge on any atom is 0.427 e. The van der Waals surface area contributed by atoms with E-state index in [1.54, 1.807) is 11.8 Å². The van der Waals surface area contributed by atoms with Gasteiger partial charge in [0.2, 0.25) is 0 Å². The van der Waals surface area contributed by atoms with E-state index in [1.807, 2.05) is 13.8 Å². The van der Waals surface area contributed by atoms with Crippen molar-refractivity contribution >= 4 is 22.4 Å². The van der Waals surface area contributed by atoms with Crippen molar-refractivity contribution in [2.24, 2.45) is 11.3 Å². The quantitative estimate of drug-likeness (QED) is 0.788. The third-order valence-electron chi connectivity index (χ3n) is 4.13. The van der Waals surface area contributed by atoms with Crippen molar-refractivity contribution in [3.8, 4) is 0 Å². The van der Waals surface area contributed by atoms with Gasteiger partial charge in [-0.25, -0.2) is 4.98 Å². The summed E-state index contributed by atoms with van der Waals surface area (Å²) in [5.41, 5.74) is -0.680. The third kappa shape index (κ3) is 3.06. The number of esters is 1. The van der Waals surface area contributed by atoms with Crippen LogP contribution in [0.25, 0.3) is 0 Å². The van der Waals surface area contributed by atoms with Crippen LogP contribution < -0.4 is 4.90 Å². The highest BCUT2D eigenvalue weighted by Crippen LogP contribution is 2.43. The normalized spacial score (nSPS) is 22.4. The van der Waals surface area contributed by atoms with E-state index in [1.165, 1.54) is 0 Å². The van der Waals surface area contributed by atoms with Crippen molar-refractivity contribution in [3.63, 3.8) is 0 Å². The molecular weight excluding hydrogens is 317 g/mol. The van der Waals surface area contributed by atoms with Gasteiger partial charge in [0.05, 0.1) is 18.2 Å². The van der Waals surface area contributed by atoms with Crippen molar-refractivity contribution < 1.29 is 22.7 Å². The molecule has 2 rings (SSSR count). The van der Waals surface area contributed by atoms with Crippen LogP contribution >= 0.6 is 11.3 Å². The fraction of sp³-hybridized carbons (Fsp3) is 0.714. The molecule has 1 aromatic rings. The van der Waals surface area contributed by atoms with Gasteiger partial charge in [0, 0.05) is 13.1 Å². The van der Waals surface area contributed by atoms with Gasteiger partial charge >= 0.3 is 12.1 Å². The van der Waals surface area contributed by atoms with Gasteiger partial charge in [-0.2, -0.15) is 13.2 Å². The molecule has 8 heteroatoms. The van der Waals surface area contributed by atoms with Crippen LogP contribution in [0.15, 0.2) is 6.20 Å². The van der Waals surface area contributed by atoms with Crippen molar-refractivity contribution in [3.05, 3.63) is 11.1 Å². The molecule has 1 aromatic heterocycles. The van der Waals surface area contributed by atoms with Gasteiger partial charge < -0.3 is 9.64 Å². The molecule has 0 spiro atoms. The lowest BCUT2D eigenvalue weighted by Crippen LogP contribution is -2.40. The number of anilines is 1. The minimum atomic E-state index is -4.38. The van der Waals surface area contributed by atoms with Crippen LogP contribution in [0.5, 0.6) is 0 Å². The van der Waals surface area contributed by atoms with E-state index in [4.69, 9.17) is 4.74 Å². The number of carbonyl (C=O) groups excluding carboxylic acids is 1. The first kappa shape index (κ1) is 17.1. The van der Waals surface area contributed by atoms with Crippen LogP contribution in [0.3, 0.4) is 0 Å². The molecule has 2 heterocycles. The average molecular weight is 336 g/mol. The number of hydrogen-bond donors (Lipinski definition) is 0. The largest absolute Gasteiger partial charge is 0.466 e. The van der Waals surface area contributed by atoms with E-state index in [9.17, 15) is 18.0 Å². The highest BCUT2D eigenvalue weighted by Gasteiger charge is 2.49. The summed E-state index contributed by atoms with van der Waals surface area (Å²) < 4.78 is 43.2. The molecule has 0 bridgehead atoms. The van der Waals surface area contributed by atoms with Gasteiger partial charge in [0.1, 0.15) is 4.88 Å². The second-order valence-electron chi connectivity index (χ2n) is 5.71. The molecule has 0 N–H and O–H groups in total. The predicted molar refractivity (Wildman–Crippen MR) is 77.9 cm³/mol. The lowest BCUT2D eigenvalue weighted by Gasteiger charge is -2.30. The van der Waals surface area contributed by atoms with Gasteiger partial charge in [0.15, 0.2) is 5.13 Å². The molecular formula is C14H19F3N2O2S. The maximum absolute atomic E-state index is 12.7. The molecule has 0 saturated carbocycles. The second-order valence-corrected chi connectivity index (χ2v) is 6.72. The SMILES string of the molecule is CCOC(=O)C1(C(C)C)CCN(c2ncc(C(F)(F)F)s2)C1. The monoisotopic (exact) mass is 336 g/mol. The van der Waals surface area contributed by atoms with E-state index < -0.39 is 16.5 Å². The summed E-state index contributed by atoms with van der Waals surface area (Å²) in [6.07, 6.45) is -2.98. The Labute approximate surface area is 131 Å². The topological polar surface area (TPSA) is 42.4 Å². The Balaban J connectivity index is 2.20. The molecule has 1 fully saturated rings. The summed E-state index contributed by atoms with van der Waals surface area (Å²) in [7, 11) is 0. The van der Waals surface area contributed by atoms with Gasteiger partial charge in [-0.05, 0) is 19.3 Å². The molecule has 0 aliphatic carbocycles. The van der Waals surface area contributed by atoms with Crippen molar-refractivity contribution in [1.82, 2.24) is 4.98 Å². The van der Waals surface area contributed by atoms with E-state index in [-0.39, 0.29) is 11.9 Å². The summed E-state index contributed by atoms with van der Waals surface area (Å²) in [6, 6.07) is 0. The first-order chi connectivity index (χ1) is 10.2. The highest BCUT2D eigenvalue weighted by atomic mass is 32.1. The van der Waals surface area contributed by atoms with Crippen LogP contribution in [0.2, 0.25) is 0 Å². The average Bonchev–Trinajstić information content (AvgIpc) is 3.06. The summed E-state index contributed by atoms with van der Waals surface area (Å²) in [4.78, 5) is 17.2. The Kier molecular flexibility index (Phi) is 4.70. The smallest absolute Gasteiger partial charge is 0.427 e. The van der Waals surface area contributed by atoms with Crippen LogP contribution in [-0.2, 0) is 15.7 Å². The minimum Gasteiger partial charge on any atom is -0.466 e. The molecule has 22 heavy (non-hydrogen) atoms. The van der Waals surface area contributed by atoms with Crippen LogP contribution in [0, 0.1) is 11.3 Å². The minimum absolute atomic E-state index is 0.0404. The predicted octanol–water partition coefficient (Wildman–Crippen LogP) is 3.58. The Morgan fingerprint density at radius 3 is 2.73 bits per heavy atom. The van der Waals surface area contributed by atoms with E-state index >= 15 is 0 Å². The molecule has 1 atom stereocenters. The summed E-state index contributed by atoms with van der Waals surface area (Å²) in [5, 5.41) is 0.305. The summed E-state index contributed by atoms with van der Waals surface area (Å²) in [6.45, 7) is 6.75. The Morgan fingerprint density at radius 2 is 2.23 bits per heavy atom. The molecule has 1 aliphatic rings. The third-order valence-corrected chi connectivity index (χ3v) is 5.23. The zero-order chi connectivity index (χ0) is 16.5. The molecule has 1 aliphatic heterocycles. The van der Waals surface area contributed by atoms with Crippen molar-refractivity contribution in [2.75, 3.05) is 24.6 Å². The Bertz CT molecular complexity index is 544. The summed E-state index contributed by atoms with van der Waals surface area (Å²) in [5.74, 6) is -0.237. The standard InChI is InChI=1S/C14H19F3N2O2S/c1-4-21-11(20)13(9(2)3)5-6-19(8-13)12-18-7-10(22-12)14(15,16)17/h7,9H,4-6,8H2,1-3H3. The van der Waals surface area contributed by atoms with Crippen molar-refractivity contribution in [1.29, 1.82) is 0 Å². The Morgan fingerprint density at radius 1 is 1.55 bits per heavy atom. The highest BCUT2D eigenvalue weighted by molar-refractivity contribution is 7.15. The van der Waals surface area contributed by atoms with E-state index in [0.717, 1.165) is 6.20 Å². The van der Waals surface area contributed by atoms with Crippen LogP contribution in [-0.4, -0.2) is 30.6 Å². The number of thiazole rings is 1. The fourth-order valence-corrected chi connectivity index (χ4v) is 3.50. The van der Waals surface area contributed by atoms with Gasteiger partial charge in [-0.1, -0.05) is 25.2 Å². The zero-order valence-corrected chi connectivity index (χ0v) is 13.6. The fourth-order valence-electron chi connectivity index (χ4n) is 2.69. The first-order valence-corrected chi connectivity index (χ1v) is 7.97. The molecule has 4 nitrogen and oxygen atoms in total. The number of rotatable bonds is 4. The molecule has 1 saturated heterocycles. The summed E-state index contributed by atoms with van der Waals surface area (Å²) >= 11 is 0.612. The van der Waals surface area contributed by atoms with Gasteiger partial charge in [-0.15, -0.1) is 0 Å². The molecule has 0 aromatic carbocycles. The second kappa shape index (κ2) is 6.06. The number of carbonyl (C=O) groups is 1. The number of hydrogen-bond acceptors (Lipinski definition) is 5. The van der Waals surface area contributed by atoms with E-state index in [2.05, 4.69) is 4.98 Å². The molecule has 0 radical (unpaired) electrons.